The maximum absolute atomic E-state index is 5.75. The Labute approximate surface area is 87.4 Å². The summed E-state index contributed by atoms with van der Waals surface area (Å²) in [6.07, 6.45) is 5.80. The summed E-state index contributed by atoms with van der Waals surface area (Å²) in [6, 6.07) is 0.719. The van der Waals surface area contributed by atoms with Gasteiger partial charge in [0.1, 0.15) is 0 Å². The highest BCUT2D eigenvalue weighted by atomic mass is 16.5. The molecule has 0 aromatic carbocycles. The van der Waals surface area contributed by atoms with E-state index < -0.39 is 0 Å². The molecule has 2 fully saturated rings. The topological polar surface area (TPSA) is 21.3 Å². The van der Waals surface area contributed by atoms with Crippen LogP contribution in [-0.2, 0) is 4.74 Å². The Balaban J connectivity index is 1.69. The van der Waals surface area contributed by atoms with Gasteiger partial charge in [0, 0.05) is 12.6 Å². The molecular weight excluding hydrogens is 174 g/mol. The zero-order valence-corrected chi connectivity index (χ0v) is 9.46. The van der Waals surface area contributed by atoms with Crippen LogP contribution in [0.5, 0.6) is 0 Å². The van der Waals surface area contributed by atoms with Gasteiger partial charge >= 0.3 is 0 Å². The van der Waals surface area contributed by atoms with Gasteiger partial charge in [-0.15, -0.1) is 0 Å². The molecule has 2 rings (SSSR count). The first-order chi connectivity index (χ1) is 6.75. The lowest BCUT2D eigenvalue weighted by Crippen LogP contribution is -2.41. The minimum Gasteiger partial charge on any atom is -0.378 e. The van der Waals surface area contributed by atoms with Crippen molar-refractivity contribution in [3.63, 3.8) is 0 Å². The maximum Gasteiger partial charge on any atom is 0.0612 e. The van der Waals surface area contributed by atoms with Crippen molar-refractivity contribution < 1.29 is 4.74 Å². The lowest BCUT2D eigenvalue weighted by Gasteiger charge is -2.32. The van der Waals surface area contributed by atoms with E-state index in [1.165, 1.54) is 32.2 Å². The molecule has 1 heterocycles. The third kappa shape index (κ3) is 2.96. The Morgan fingerprint density at radius 1 is 1.29 bits per heavy atom. The minimum absolute atomic E-state index is 0.487. The molecule has 0 aromatic rings. The van der Waals surface area contributed by atoms with Gasteiger partial charge in [-0.05, 0) is 44.1 Å². The summed E-state index contributed by atoms with van der Waals surface area (Å²) in [7, 11) is 0. The minimum atomic E-state index is 0.487. The van der Waals surface area contributed by atoms with Crippen molar-refractivity contribution in [2.45, 2.75) is 51.7 Å². The Kier molecular flexibility index (Phi) is 3.45. The fourth-order valence-electron chi connectivity index (χ4n) is 2.13. The zero-order valence-electron chi connectivity index (χ0n) is 9.46. The van der Waals surface area contributed by atoms with Gasteiger partial charge in [0.2, 0.25) is 0 Å². The number of hydrogen-bond donors (Lipinski definition) is 1. The molecule has 1 aliphatic carbocycles. The van der Waals surface area contributed by atoms with Crippen LogP contribution in [-0.4, -0.2) is 25.3 Å². The molecule has 0 amide bonds. The molecule has 0 spiro atoms. The molecular formula is C12H23NO. The monoisotopic (exact) mass is 197 g/mol. The molecule has 0 aromatic heterocycles. The first-order valence-corrected chi connectivity index (χ1v) is 6.10. The van der Waals surface area contributed by atoms with Crippen LogP contribution in [0.3, 0.4) is 0 Å². The van der Waals surface area contributed by atoms with Crippen LogP contribution < -0.4 is 5.32 Å². The van der Waals surface area contributed by atoms with Gasteiger partial charge in [0.05, 0.1) is 6.10 Å². The molecule has 82 valence electrons. The smallest absolute Gasteiger partial charge is 0.0612 e. The summed E-state index contributed by atoms with van der Waals surface area (Å²) in [5.74, 6) is 1.66. The SMILES string of the molecule is CC(C)C1CC(NCC2CC2)CCO1. The van der Waals surface area contributed by atoms with Gasteiger partial charge < -0.3 is 10.1 Å². The molecule has 2 unspecified atom stereocenters. The van der Waals surface area contributed by atoms with E-state index in [0.29, 0.717) is 12.0 Å². The van der Waals surface area contributed by atoms with E-state index in [2.05, 4.69) is 19.2 Å². The number of ether oxygens (including phenoxy) is 1. The largest absolute Gasteiger partial charge is 0.378 e. The lowest BCUT2D eigenvalue weighted by molar-refractivity contribution is -0.0244. The average molecular weight is 197 g/mol. The number of nitrogens with one attached hydrogen (secondary N) is 1. The Morgan fingerprint density at radius 3 is 2.71 bits per heavy atom. The van der Waals surface area contributed by atoms with Crippen molar-refractivity contribution in [1.29, 1.82) is 0 Å². The standard InChI is InChI=1S/C12H23NO/c1-9(2)12-7-11(5-6-14-12)13-8-10-3-4-10/h9-13H,3-8H2,1-2H3. The fourth-order valence-corrected chi connectivity index (χ4v) is 2.13. The molecule has 2 nitrogen and oxygen atoms in total. The van der Waals surface area contributed by atoms with Crippen LogP contribution in [0.15, 0.2) is 0 Å². The molecule has 1 saturated carbocycles. The van der Waals surface area contributed by atoms with Gasteiger partial charge in [-0.3, -0.25) is 0 Å². The van der Waals surface area contributed by atoms with E-state index in [1.54, 1.807) is 0 Å². The predicted octanol–water partition coefficient (Wildman–Crippen LogP) is 2.19. The molecule has 2 aliphatic rings. The normalized spacial score (nSPS) is 33.6. The van der Waals surface area contributed by atoms with Crippen molar-refractivity contribution >= 4 is 0 Å². The van der Waals surface area contributed by atoms with Crippen LogP contribution in [0.25, 0.3) is 0 Å². The molecule has 0 radical (unpaired) electrons. The van der Waals surface area contributed by atoms with E-state index in [1.807, 2.05) is 0 Å². The van der Waals surface area contributed by atoms with Crippen LogP contribution in [0.2, 0.25) is 0 Å². The highest BCUT2D eigenvalue weighted by molar-refractivity contribution is 4.82. The summed E-state index contributed by atoms with van der Waals surface area (Å²) in [6.45, 7) is 6.71. The zero-order chi connectivity index (χ0) is 9.97. The summed E-state index contributed by atoms with van der Waals surface area (Å²) in [5, 5.41) is 3.69. The average Bonchev–Trinajstić information content (AvgIpc) is 2.99. The van der Waals surface area contributed by atoms with Crippen LogP contribution in [0.4, 0.5) is 0 Å². The molecule has 1 saturated heterocycles. The molecule has 14 heavy (non-hydrogen) atoms. The molecule has 2 heteroatoms. The second-order valence-electron chi connectivity index (χ2n) is 5.23. The van der Waals surface area contributed by atoms with Gasteiger partial charge in [-0.2, -0.15) is 0 Å². The van der Waals surface area contributed by atoms with Crippen molar-refractivity contribution in [2.75, 3.05) is 13.2 Å². The summed E-state index contributed by atoms with van der Waals surface area (Å²) in [4.78, 5) is 0. The van der Waals surface area contributed by atoms with Crippen molar-refractivity contribution in [1.82, 2.24) is 5.32 Å². The van der Waals surface area contributed by atoms with E-state index >= 15 is 0 Å². The van der Waals surface area contributed by atoms with Gasteiger partial charge in [0.15, 0.2) is 0 Å². The first kappa shape index (κ1) is 10.4. The second kappa shape index (κ2) is 4.63. The van der Waals surface area contributed by atoms with Gasteiger partial charge in [0.25, 0.3) is 0 Å². The quantitative estimate of drug-likeness (QED) is 0.746. The second-order valence-corrected chi connectivity index (χ2v) is 5.23. The number of rotatable bonds is 4. The fraction of sp³-hybridized carbons (Fsp3) is 1.00. The van der Waals surface area contributed by atoms with Gasteiger partial charge in [-0.25, -0.2) is 0 Å². The van der Waals surface area contributed by atoms with E-state index in [4.69, 9.17) is 4.74 Å². The molecule has 0 bridgehead atoms. The third-order valence-electron chi connectivity index (χ3n) is 3.45. The van der Waals surface area contributed by atoms with Crippen LogP contribution in [0, 0.1) is 11.8 Å². The summed E-state index contributed by atoms with van der Waals surface area (Å²) < 4.78 is 5.75. The summed E-state index contributed by atoms with van der Waals surface area (Å²) >= 11 is 0. The molecule has 2 atom stereocenters. The van der Waals surface area contributed by atoms with E-state index in [-0.39, 0.29) is 0 Å². The van der Waals surface area contributed by atoms with Crippen molar-refractivity contribution in [3.05, 3.63) is 0 Å². The third-order valence-corrected chi connectivity index (χ3v) is 3.45. The van der Waals surface area contributed by atoms with Gasteiger partial charge in [-0.1, -0.05) is 13.8 Å². The highest BCUT2D eigenvalue weighted by Gasteiger charge is 2.27. The van der Waals surface area contributed by atoms with Crippen molar-refractivity contribution in [3.8, 4) is 0 Å². The lowest BCUT2D eigenvalue weighted by atomic mass is 9.95. The highest BCUT2D eigenvalue weighted by Crippen LogP contribution is 2.28. The predicted molar refractivity (Wildman–Crippen MR) is 58.3 cm³/mol. The Bertz CT molecular complexity index is 177. The maximum atomic E-state index is 5.75. The summed E-state index contributed by atoms with van der Waals surface area (Å²) in [5.41, 5.74) is 0. The first-order valence-electron chi connectivity index (χ1n) is 6.10. The molecule has 1 aliphatic heterocycles. The van der Waals surface area contributed by atoms with Crippen molar-refractivity contribution in [2.24, 2.45) is 11.8 Å². The Morgan fingerprint density at radius 2 is 2.07 bits per heavy atom. The van der Waals surface area contributed by atoms with E-state index in [9.17, 15) is 0 Å². The van der Waals surface area contributed by atoms with Crippen LogP contribution in [0.1, 0.15) is 39.5 Å². The molecule has 1 N–H and O–H groups in total. The van der Waals surface area contributed by atoms with Crippen LogP contribution >= 0.6 is 0 Å². The number of hydrogen-bond acceptors (Lipinski definition) is 2. The Hall–Kier alpha value is -0.0800. The van der Waals surface area contributed by atoms with E-state index in [0.717, 1.165) is 18.6 Å².